The van der Waals surface area contributed by atoms with Crippen LogP contribution in [0.4, 0.5) is 13.2 Å². The molecule has 154 valence electrons. The molecule has 0 aromatic carbocycles. The molecule has 0 aromatic rings. The number of amides is 1. The van der Waals surface area contributed by atoms with E-state index in [0.717, 1.165) is 20.8 Å². The van der Waals surface area contributed by atoms with E-state index in [1.807, 2.05) is 0 Å². The molecule has 1 fully saturated rings. The molecule has 0 bridgehead atoms. The summed E-state index contributed by atoms with van der Waals surface area (Å²) in [5, 5.41) is 11.4. The van der Waals surface area contributed by atoms with Gasteiger partial charge in [-0.2, -0.15) is 13.2 Å². The van der Waals surface area contributed by atoms with Crippen molar-refractivity contribution < 1.29 is 56.4 Å². The minimum absolute atomic E-state index is 0.567. The second-order valence-corrected chi connectivity index (χ2v) is 5.51. The summed E-state index contributed by atoms with van der Waals surface area (Å²) in [6.45, 7) is 2.36. The lowest BCUT2D eigenvalue weighted by Crippen LogP contribution is -2.67. The van der Waals surface area contributed by atoms with Crippen LogP contribution in [0.3, 0.4) is 0 Å². The van der Waals surface area contributed by atoms with Crippen molar-refractivity contribution >= 4 is 23.8 Å². The van der Waals surface area contributed by atoms with Gasteiger partial charge in [0.15, 0.2) is 18.5 Å². The number of alkyl halides is 3. The van der Waals surface area contributed by atoms with Crippen LogP contribution < -0.4 is 5.32 Å². The maximum absolute atomic E-state index is 12.5. The number of rotatable bonds is 5. The molecular weight excluding hydrogens is 383 g/mol. The zero-order chi connectivity index (χ0) is 20.9. The van der Waals surface area contributed by atoms with Gasteiger partial charge in [0.05, 0.1) is 0 Å². The van der Waals surface area contributed by atoms with Crippen molar-refractivity contribution in [3.8, 4) is 0 Å². The first-order valence-electron chi connectivity index (χ1n) is 7.52. The van der Waals surface area contributed by atoms with Crippen LogP contribution in [0.1, 0.15) is 20.8 Å². The number of halogens is 3. The zero-order valence-corrected chi connectivity index (χ0v) is 14.4. The van der Waals surface area contributed by atoms with Crippen molar-refractivity contribution in [2.75, 3.05) is 6.61 Å². The third-order valence-corrected chi connectivity index (χ3v) is 3.28. The van der Waals surface area contributed by atoms with Crippen molar-refractivity contribution in [2.24, 2.45) is 0 Å². The summed E-state index contributed by atoms with van der Waals surface area (Å²) in [5.41, 5.74) is 0. The highest BCUT2D eigenvalue weighted by Gasteiger charge is 2.52. The Kier molecular flexibility index (Phi) is 7.54. The molecule has 0 aromatic heterocycles. The van der Waals surface area contributed by atoms with Crippen LogP contribution in [-0.4, -0.2) is 72.3 Å². The van der Waals surface area contributed by atoms with E-state index < -0.39 is 67.2 Å². The monoisotopic (exact) mass is 401 g/mol. The molecule has 1 saturated heterocycles. The van der Waals surface area contributed by atoms with Crippen molar-refractivity contribution in [3.63, 3.8) is 0 Å². The van der Waals surface area contributed by atoms with E-state index in [-0.39, 0.29) is 0 Å². The average molecular weight is 401 g/mol. The van der Waals surface area contributed by atoms with Crippen LogP contribution in [0, 0.1) is 0 Å². The molecule has 2 N–H and O–H groups in total. The van der Waals surface area contributed by atoms with Crippen molar-refractivity contribution in [1.82, 2.24) is 5.32 Å². The van der Waals surface area contributed by atoms with Gasteiger partial charge in [0.2, 0.25) is 0 Å². The zero-order valence-electron chi connectivity index (χ0n) is 14.4. The minimum atomic E-state index is -5.30. The van der Waals surface area contributed by atoms with Gasteiger partial charge >= 0.3 is 30.0 Å². The summed E-state index contributed by atoms with van der Waals surface area (Å²) in [5.74, 6) is -5.12. The lowest BCUT2D eigenvalue weighted by Gasteiger charge is -2.43. The Morgan fingerprint density at radius 2 is 1.52 bits per heavy atom. The largest absolute Gasteiger partial charge is 0.471 e. The van der Waals surface area contributed by atoms with Crippen LogP contribution in [0.15, 0.2) is 0 Å². The maximum Gasteiger partial charge on any atom is 0.471 e. The lowest BCUT2D eigenvalue weighted by molar-refractivity contribution is -0.266. The topological polar surface area (TPSA) is 137 Å². The number of hydrogen-bond acceptors (Lipinski definition) is 9. The first kappa shape index (κ1) is 22.6. The molecule has 13 heteroatoms. The van der Waals surface area contributed by atoms with E-state index in [4.69, 9.17) is 18.9 Å². The highest BCUT2D eigenvalue weighted by atomic mass is 19.4. The molecule has 5 atom stereocenters. The summed E-state index contributed by atoms with van der Waals surface area (Å²) in [7, 11) is 0. The Morgan fingerprint density at radius 3 is 1.96 bits per heavy atom. The predicted octanol–water partition coefficient (Wildman–Crippen LogP) is -0.823. The fraction of sp³-hybridized carbons (Fsp3) is 0.714. The Morgan fingerprint density at radius 1 is 1.00 bits per heavy atom. The van der Waals surface area contributed by atoms with Crippen molar-refractivity contribution in [2.45, 2.75) is 57.6 Å². The third-order valence-electron chi connectivity index (χ3n) is 3.28. The number of esters is 3. The first-order chi connectivity index (χ1) is 12.3. The van der Waals surface area contributed by atoms with Crippen LogP contribution in [0.5, 0.6) is 0 Å². The SMILES string of the molecule is CC(=O)OC[C@H]1OC(O)[C@H](NC(=O)C(F)(F)F)[C@@H](OC(C)=O)[C@@H]1OC(C)=O. The number of carbonyl (C=O) groups is 4. The van der Waals surface area contributed by atoms with E-state index in [1.165, 1.54) is 5.32 Å². The smallest absolute Gasteiger partial charge is 0.463 e. The molecule has 1 unspecified atom stereocenters. The summed E-state index contributed by atoms with van der Waals surface area (Å²) in [6.07, 6.45) is -12.1. The normalized spacial score (nSPS) is 28.0. The Bertz CT molecular complexity index is 595. The molecule has 0 radical (unpaired) electrons. The van der Waals surface area contributed by atoms with Gasteiger partial charge in [-0.05, 0) is 0 Å². The lowest BCUT2D eigenvalue weighted by atomic mass is 9.96. The van der Waals surface area contributed by atoms with Crippen molar-refractivity contribution in [1.29, 1.82) is 0 Å². The van der Waals surface area contributed by atoms with Gasteiger partial charge in [0, 0.05) is 20.8 Å². The number of carbonyl (C=O) groups excluding carboxylic acids is 4. The van der Waals surface area contributed by atoms with Crippen molar-refractivity contribution in [3.05, 3.63) is 0 Å². The van der Waals surface area contributed by atoms with Crippen LogP contribution in [-0.2, 0) is 38.1 Å². The van der Waals surface area contributed by atoms with Crippen LogP contribution in [0.25, 0.3) is 0 Å². The summed E-state index contributed by atoms with van der Waals surface area (Å²) in [4.78, 5) is 44.9. The second-order valence-electron chi connectivity index (χ2n) is 5.51. The molecular formula is C14H18F3NO9. The van der Waals surface area contributed by atoms with Crippen LogP contribution >= 0.6 is 0 Å². The van der Waals surface area contributed by atoms with E-state index in [0.29, 0.717) is 0 Å². The Balaban J connectivity index is 3.18. The number of aliphatic hydroxyl groups is 1. The van der Waals surface area contributed by atoms with Gasteiger partial charge in [0.25, 0.3) is 0 Å². The summed E-state index contributed by atoms with van der Waals surface area (Å²) < 4.78 is 57.1. The average Bonchev–Trinajstić information content (AvgIpc) is 2.49. The van der Waals surface area contributed by atoms with E-state index in [9.17, 15) is 37.5 Å². The van der Waals surface area contributed by atoms with E-state index in [1.54, 1.807) is 0 Å². The molecule has 1 aliphatic rings. The maximum atomic E-state index is 12.5. The van der Waals surface area contributed by atoms with Gasteiger partial charge in [-0.25, -0.2) is 0 Å². The molecule has 27 heavy (non-hydrogen) atoms. The van der Waals surface area contributed by atoms with E-state index in [2.05, 4.69) is 0 Å². The first-order valence-corrected chi connectivity index (χ1v) is 7.52. The van der Waals surface area contributed by atoms with Gasteiger partial charge in [0.1, 0.15) is 18.8 Å². The summed E-state index contributed by atoms with van der Waals surface area (Å²) in [6, 6.07) is -1.92. The molecule has 1 rings (SSSR count). The minimum Gasteiger partial charge on any atom is -0.463 e. The second kappa shape index (κ2) is 8.99. The standard InChI is InChI=1S/C14H18F3NO9/c1-5(19)24-4-8-10(25-6(2)20)11(26-7(3)21)9(12(22)27-8)18-13(23)14(15,16)17/h8-12,22H,4H2,1-3H3,(H,18,23)/t8-,9-,10-,11-,12?/m1/s1. The number of hydrogen-bond donors (Lipinski definition) is 2. The number of aliphatic hydroxyl groups excluding tert-OH is 1. The fourth-order valence-corrected chi connectivity index (χ4v) is 2.31. The third kappa shape index (κ3) is 6.67. The molecule has 1 heterocycles. The molecule has 1 amide bonds. The number of nitrogens with one attached hydrogen (secondary N) is 1. The highest BCUT2D eigenvalue weighted by molar-refractivity contribution is 5.82. The quantitative estimate of drug-likeness (QED) is 0.447. The predicted molar refractivity (Wildman–Crippen MR) is 76.6 cm³/mol. The van der Waals surface area contributed by atoms with Gasteiger partial charge in [-0.3, -0.25) is 19.2 Å². The molecule has 10 nitrogen and oxygen atoms in total. The molecule has 0 aliphatic carbocycles. The van der Waals surface area contributed by atoms with Gasteiger partial charge in [-0.15, -0.1) is 0 Å². The van der Waals surface area contributed by atoms with Gasteiger partial charge in [-0.1, -0.05) is 0 Å². The molecule has 1 aliphatic heterocycles. The molecule has 0 saturated carbocycles. The Hall–Kier alpha value is -2.41. The number of ether oxygens (including phenoxy) is 4. The fourth-order valence-electron chi connectivity index (χ4n) is 2.31. The Labute approximate surface area is 150 Å². The van der Waals surface area contributed by atoms with E-state index >= 15 is 0 Å². The van der Waals surface area contributed by atoms with Gasteiger partial charge < -0.3 is 29.4 Å². The summed E-state index contributed by atoms with van der Waals surface area (Å²) >= 11 is 0. The molecule has 0 spiro atoms. The van der Waals surface area contributed by atoms with Crippen LogP contribution in [0.2, 0.25) is 0 Å². The highest BCUT2D eigenvalue weighted by Crippen LogP contribution is 2.27.